The summed E-state index contributed by atoms with van der Waals surface area (Å²) in [6.07, 6.45) is 0. The van der Waals surface area contributed by atoms with E-state index in [1.165, 1.54) is 30.3 Å². The largest absolute Gasteiger partial charge is 0.345 e. The van der Waals surface area contributed by atoms with E-state index in [-0.39, 0.29) is 23.3 Å². The predicted octanol–water partition coefficient (Wildman–Crippen LogP) is 4.09. The van der Waals surface area contributed by atoms with Crippen molar-refractivity contribution in [3.05, 3.63) is 71.3 Å². The molecule has 0 saturated carbocycles. The van der Waals surface area contributed by atoms with Crippen molar-refractivity contribution in [3.8, 4) is 0 Å². The summed E-state index contributed by atoms with van der Waals surface area (Å²) >= 11 is 0. The van der Waals surface area contributed by atoms with Crippen LogP contribution >= 0.6 is 0 Å². The topological polar surface area (TPSA) is 29.1 Å². The minimum Gasteiger partial charge on any atom is -0.345 e. The van der Waals surface area contributed by atoms with Crippen molar-refractivity contribution in [2.45, 2.75) is 19.9 Å². The van der Waals surface area contributed by atoms with E-state index < -0.39 is 11.7 Å². The number of amides is 1. The maximum atomic E-state index is 13.6. The summed E-state index contributed by atoms with van der Waals surface area (Å²) in [4.78, 5) is 12.2. The predicted molar refractivity (Wildman–Crippen MR) is 77.8 cm³/mol. The van der Waals surface area contributed by atoms with E-state index in [0.717, 1.165) is 5.56 Å². The first kappa shape index (κ1) is 15.2. The number of hydrogen-bond donors (Lipinski definition) is 1. The highest BCUT2D eigenvalue weighted by atomic mass is 19.1. The van der Waals surface area contributed by atoms with E-state index in [1.807, 2.05) is 13.8 Å². The van der Waals surface area contributed by atoms with Crippen molar-refractivity contribution in [2.75, 3.05) is 0 Å². The molecule has 0 aromatic heterocycles. The van der Waals surface area contributed by atoms with Gasteiger partial charge in [-0.2, -0.15) is 0 Å². The van der Waals surface area contributed by atoms with Crippen LogP contribution in [0.3, 0.4) is 0 Å². The summed E-state index contributed by atoms with van der Waals surface area (Å²) in [5.74, 6) is -1.28. The Balaban J connectivity index is 2.23. The molecule has 0 heterocycles. The zero-order chi connectivity index (χ0) is 15.4. The van der Waals surface area contributed by atoms with Gasteiger partial charge in [0.25, 0.3) is 5.91 Å². The maximum Gasteiger partial charge on any atom is 0.254 e. The first-order valence-electron chi connectivity index (χ1n) is 6.80. The highest BCUT2D eigenvalue weighted by Gasteiger charge is 2.20. The highest BCUT2D eigenvalue weighted by Crippen LogP contribution is 2.22. The van der Waals surface area contributed by atoms with Gasteiger partial charge in [-0.05, 0) is 35.7 Å². The molecule has 0 unspecified atom stereocenters. The van der Waals surface area contributed by atoms with Gasteiger partial charge in [0.05, 0.1) is 11.6 Å². The summed E-state index contributed by atoms with van der Waals surface area (Å²) in [5, 5.41) is 2.81. The minimum absolute atomic E-state index is 0.00487. The van der Waals surface area contributed by atoms with Gasteiger partial charge < -0.3 is 5.32 Å². The quantitative estimate of drug-likeness (QED) is 0.902. The fourth-order valence-electron chi connectivity index (χ4n) is 2.17. The van der Waals surface area contributed by atoms with Crippen LogP contribution in [0.5, 0.6) is 0 Å². The standard InChI is InChI=1S/C17H17F2NO/c1-11(2)16(12-7-9-13(18)10-8-12)20-17(21)14-5-3-4-6-15(14)19/h3-11,16H,1-2H3,(H,20,21)/t16-/m0/s1. The fourth-order valence-corrected chi connectivity index (χ4v) is 2.17. The molecule has 1 N–H and O–H groups in total. The fraction of sp³-hybridized carbons (Fsp3) is 0.235. The molecule has 21 heavy (non-hydrogen) atoms. The van der Waals surface area contributed by atoms with E-state index in [1.54, 1.807) is 18.2 Å². The summed E-state index contributed by atoms with van der Waals surface area (Å²) < 4.78 is 26.6. The number of carbonyl (C=O) groups is 1. The summed E-state index contributed by atoms with van der Waals surface area (Å²) in [6, 6.07) is 11.5. The second-order valence-electron chi connectivity index (χ2n) is 5.23. The van der Waals surface area contributed by atoms with Gasteiger partial charge in [0.2, 0.25) is 0 Å². The van der Waals surface area contributed by atoms with Gasteiger partial charge in [-0.1, -0.05) is 38.1 Å². The second-order valence-corrected chi connectivity index (χ2v) is 5.23. The third-order valence-corrected chi connectivity index (χ3v) is 3.30. The molecule has 0 aliphatic carbocycles. The Hall–Kier alpha value is -2.23. The van der Waals surface area contributed by atoms with Crippen LogP contribution in [0.15, 0.2) is 48.5 Å². The molecule has 0 aliphatic heterocycles. The lowest BCUT2D eigenvalue weighted by molar-refractivity contribution is 0.0921. The third kappa shape index (κ3) is 3.66. The van der Waals surface area contributed by atoms with Gasteiger partial charge in [-0.25, -0.2) is 8.78 Å². The molecule has 0 aliphatic rings. The van der Waals surface area contributed by atoms with Crippen LogP contribution in [0, 0.1) is 17.6 Å². The monoisotopic (exact) mass is 289 g/mol. The number of hydrogen-bond acceptors (Lipinski definition) is 1. The first-order valence-corrected chi connectivity index (χ1v) is 6.80. The maximum absolute atomic E-state index is 13.6. The van der Waals surface area contributed by atoms with E-state index in [4.69, 9.17) is 0 Å². The van der Waals surface area contributed by atoms with Crippen molar-refractivity contribution < 1.29 is 13.6 Å². The molecule has 4 heteroatoms. The number of nitrogens with one attached hydrogen (secondary N) is 1. The number of benzene rings is 2. The van der Waals surface area contributed by atoms with E-state index in [9.17, 15) is 13.6 Å². The number of rotatable bonds is 4. The molecule has 0 fully saturated rings. The number of carbonyl (C=O) groups excluding carboxylic acids is 1. The molecule has 2 rings (SSSR count). The Bertz CT molecular complexity index is 623. The van der Waals surface area contributed by atoms with Crippen molar-refractivity contribution in [3.63, 3.8) is 0 Å². The summed E-state index contributed by atoms with van der Waals surface area (Å²) in [6.45, 7) is 3.88. The van der Waals surface area contributed by atoms with Gasteiger partial charge >= 0.3 is 0 Å². The van der Waals surface area contributed by atoms with Crippen molar-refractivity contribution in [1.29, 1.82) is 0 Å². The van der Waals surface area contributed by atoms with Gasteiger partial charge in [0.1, 0.15) is 11.6 Å². The molecule has 0 spiro atoms. The first-order chi connectivity index (χ1) is 9.99. The second kappa shape index (κ2) is 6.48. The van der Waals surface area contributed by atoms with Gasteiger partial charge in [-0.15, -0.1) is 0 Å². The molecule has 1 atom stereocenters. The zero-order valence-electron chi connectivity index (χ0n) is 11.9. The number of halogens is 2. The molecule has 0 saturated heterocycles. The molecule has 2 aromatic carbocycles. The zero-order valence-corrected chi connectivity index (χ0v) is 11.9. The van der Waals surface area contributed by atoms with Gasteiger partial charge in [-0.3, -0.25) is 4.79 Å². The molecule has 0 radical (unpaired) electrons. The molecular formula is C17H17F2NO. The Kier molecular flexibility index (Phi) is 4.68. The lowest BCUT2D eigenvalue weighted by atomic mass is 9.95. The van der Waals surface area contributed by atoms with Crippen LogP contribution in [0.1, 0.15) is 35.8 Å². The Labute approximate surface area is 122 Å². The molecule has 110 valence electrons. The summed E-state index contributed by atoms with van der Waals surface area (Å²) in [5.41, 5.74) is 0.793. The molecule has 2 aromatic rings. The van der Waals surface area contributed by atoms with Crippen LogP contribution in [0.2, 0.25) is 0 Å². The Morgan fingerprint density at radius 2 is 1.62 bits per heavy atom. The van der Waals surface area contributed by atoms with Crippen LogP contribution in [-0.2, 0) is 0 Å². The molecule has 0 bridgehead atoms. The lowest BCUT2D eigenvalue weighted by Gasteiger charge is -2.23. The van der Waals surface area contributed by atoms with Crippen molar-refractivity contribution in [2.24, 2.45) is 5.92 Å². The average Bonchev–Trinajstić information content (AvgIpc) is 2.46. The molecule has 1 amide bonds. The SMILES string of the molecule is CC(C)[C@H](NC(=O)c1ccccc1F)c1ccc(F)cc1. The van der Waals surface area contributed by atoms with Crippen molar-refractivity contribution in [1.82, 2.24) is 5.32 Å². The van der Waals surface area contributed by atoms with E-state index in [2.05, 4.69) is 5.32 Å². The van der Waals surface area contributed by atoms with Crippen molar-refractivity contribution >= 4 is 5.91 Å². The van der Waals surface area contributed by atoms with Crippen LogP contribution in [0.25, 0.3) is 0 Å². The smallest absolute Gasteiger partial charge is 0.254 e. The van der Waals surface area contributed by atoms with E-state index in [0.29, 0.717) is 0 Å². The average molecular weight is 289 g/mol. The molecule has 2 nitrogen and oxygen atoms in total. The van der Waals surface area contributed by atoms with Gasteiger partial charge in [0.15, 0.2) is 0 Å². The lowest BCUT2D eigenvalue weighted by Crippen LogP contribution is -2.32. The van der Waals surface area contributed by atoms with Crippen LogP contribution in [0.4, 0.5) is 8.78 Å². The Morgan fingerprint density at radius 3 is 2.19 bits per heavy atom. The summed E-state index contributed by atoms with van der Waals surface area (Å²) in [7, 11) is 0. The highest BCUT2D eigenvalue weighted by molar-refractivity contribution is 5.94. The van der Waals surface area contributed by atoms with Crippen LogP contribution < -0.4 is 5.32 Å². The Morgan fingerprint density at radius 1 is 1.00 bits per heavy atom. The van der Waals surface area contributed by atoms with E-state index >= 15 is 0 Å². The van der Waals surface area contributed by atoms with Crippen LogP contribution in [-0.4, -0.2) is 5.91 Å². The van der Waals surface area contributed by atoms with Gasteiger partial charge in [0, 0.05) is 0 Å². The molecular weight excluding hydrogens is 272 g/mol. The normalized spacial score (nSPS) is 12.2. The minimum atomic E-state index is -0.559. The third-order valence-electron chi connectivity index (χ3n) is 3.30.